The van der Waals surface area contributed by atoms with E-state index in [9.17, 15) is 13.2 Å². The van der Waals surface area contributed by atoms with Crippen LogP contribution >= 0.6 is 0 Å². The topological polar surface area (TPSA) is 126 Å². The molecule has 1 amide bonds. The Labute approximate surface area is 180 Å². The van der Waals surface area contributed by atoms with Crippen LogP contribution in [0.1, 0.15) is 24.5 Å². The molecule has 1 aromatic carbocycles. The molecule has 0 saturated carbocycles. The summed E-state index contributed by atoms with van der Waals surface area (Å²) in [6.45, 7) is 4.15. The Morgan fingerprint density at radius 3 is 2.55 bits per heavy atom. The minimum atomic E-state index is -3.65. The van der Waals surface area contributed by atoms with Crippen molar-refractivity contribution >= 4 is 21.6 Å². The average Bonchev–Trinajstić information content (AvgIpc) is 3.34. The Kier molecular flexibility index (Phi) is 5.63. The molecule has 0 spiro atoms. The van der Waals surface area contributed by atoms with Gasteiger partial charge in [-0.05, 0) is 38.8 Å². The number of anilines is 1. The molecule has 2 N–H and O–H groups in total. The number of sulfonamides is 1. The first kappa shape index (κ1) is 21.2. The lowest BCUT2D eigenvalue weighted by molar-refractivity contribution is -0.120. The van der Waals surface area contributed by atoms with E-state index < -0.39 is 10.0 Å². The van der Waals surface area contributed by atoms with Gasteiger partial charge in [0.25, 0.3) is 10.0 Å². The summed E-state index contributed by atoms with van der Waals surface area (Å²) in [4.78, 5) is 21.2. The van der Waals surface area contributed by atoms with Gasteiger partial charge < -0.3 is 9.88 Å². The van der Waals surface area contributed by atoms with Gasteiger partial charge in [-0.25, -0.2) is 18.4 Å². The van der Waals surface area contributed by atoms with Gasteiger partial charge in [0.2, 0.25) is 5.91 Å². The van der Waals surface area contributed by atoms with Gasteiger partial charge in [0.15, 0.2) is 10.9 Å². The largest absolute Gasteiger partial charge is 0.337 e. The number of nitrogens with zero attached hydrogens (tertiary/aromatic N) is 5. The Bertz CT molecular complexity index is 1190. The van der Waals surface area contributed by atoms with E-state index in [4.69, 9.17) is 0 Å². The maximum atomic E-state index is 12.8. The van der Waals surface area contributed by atoms with Crippen molar-refractivity contribution in [2.24, 2.45) is 13.0 Å². The third kappa shape index (κ3) is 4.37. The summed E-state index contributed by atoms with van der Waals surface area (Å²) in [5.41, 5.74) is 1.46. The molecule has 3 aromatic rings. The van der Waals surface area contributed by atoms with Crippen LogP contribution in [0, 0.1) is 19.8 Å². The van der Waals surface area contributed by atoms with Crippen LogP contribution < -0.4 is 5.32 Å². The maximum Gasteiger partial charge on any atom is 0.262 e. The van der Waals surface area contributed by atoms with Crippen molar-refractivity contribution in [3.8, 4) is 11.4 Å². The second-order valence-corrected chi connectivity index (χ2v) is 9.61. The summed E-state index contributed by atoms with van der Waals surface area (Å²) in [7, 11) is -1.89. The average molecular weight is 444 g/mol. The molecule has 31 heavy (non-hydrogen) atoms. The molecule has 1 aliphatic heterocycles. The molecule has 1 fully saturated rings. The molecule has 164 valence electrons. The molecule has 0 aliphatic carbocycles. The molecule has 0 atom stereocenters. The van der Waals surface area contributed by atoms with Gasteiger partial charge in [-0.1, -0.05) is 12.1 Å². The van der Waals surface area contributed by atoms with Crippen molar-refractivity contribution in [2.75, 3.05) is 18.4 Å². The normalized spacial score (nSPS) is 15.8. The zero-order valence-electron chi connectivity index (χ0n) is 17.7. The number of nitrogens with one attached hydrogen (secondary N) is 2. The maximum absolute atomic E-state index is 12.8. The van der Waals surface area contributed by atoms with E-state index in [2.05, 4.69) is 25.5 Å². The van der Waals surface area contributed by atoms with Crippen LogP contribution in [-0.4, -0.2) is 56.5 Å². The predicted octanol–water partition coefficient (Wildman–Crippen LogP) is 1.86. The number of rotatable bonds is 5. The molecule has 1 aliphatic rings. The van der Waals surface area contributed by atoms with E-state index in [1.54, 1.807) is 18.5 Å². The first-order valence-electron chi connectivity index (χ1n) is 10.0. The monoisotopic (exact) mass is 443 g/mol. The number of carbonyl (C=O) groups excluding carboxylic acids is 1. The Morgan fingerprint density at radius 1 is 1.19 bits per heavy atom. The number of piperidine rings is 1. The van der Waals surface area contributed by atoms with Crippen LogP contribution in [0.3, 0.4) is 0 Å². The van der Waals surface area contributed by atoms with Crippen molar-refractivity contribution in [3.63, 3.8) is 0 Å². The molecular weight excluding hydrogens is 418 g/mol. The van der Waals surface area contributed by atoms with E-state index >= 15 is 0 Å². The number of amides is 1. The molecule has 2 aromatic heterocycles. The fourth-order valence-electron chi connectivity index (χ4n) is 3.59. The Hall–Kier alpha value is -3.05. The quantitative estimate of drug-likeness (QED) is 0.620. The number of hydrogen-bond donors (Lipinski definition) is 2. The minimum absolute atomic E-state index is 0.0504. The van der Waals surface area contributed by atoms with Gasteiger partial charge in [0.05, 0.1) is 0 Å². The third-order valence-electron chi connectivity index (χ3n) is 5.50. The third-order valence-corrected chi connectivity index (χ3v) is 7.27. The van der Waals surface area contributed by atoms with Crippen molar-refractivity contribution in [1.82, 2.24) is 29.0 Å². The van der Waals surface area contributed by atoms with Crippen LogP contribution in [0.2, 0.25) is 0 Å². The minimum Gasteiger partial charge on any atom is -0.337 e. The number of aryl methyl sites for hydroxylation is 3. The van der Waals surface area contributed by atoms with Crippen molar-refractivity contribution < 1.29 is 13.2 Å². The molecule has 1 saturated heterocycles. The summed E-state index contributed by atoms with van der Waals surface area (Å²) in [5, 5.41) is 9.93. The molecule has 3 heterocycles. The number of H-pyrrole nitrogens is 1. The van der Waals surface area contributed by atoms with E-state index in [1.807, 2.05) is 31.2 Å². The van der Waals surface area contributed by atoms with Crippen LogP contribution in [0.15, 0.2) is 35.5 Å². The van der Waals surface area contributed by atoms with Gasteiger partial charge in [0, 0.05) is 43.5 Å². The first-order valence-corrected chi connectivity index (χ1v) is 11.5. The van der Waals surface area contributed by atoms with Gasteiger partial charge in [-0.3, -0.25) is 9.89 Å². The Morgan fingerprint density at radius 2 is 1.94 bits per heavy atom. The highest BCUT2D eigenvalue weighted by Gasteiger charge is 2.33. The SMILES string of the molecule is Cc1nc(-c2cccc(NC(=O)C3CCN(S(=O)(=O)c4cn(C)c(C)n4)CC3)c2)n[nH]1. The van der Waals surface area contributed by atoms with Gasteiger partial charge in [-0.15, -0.1) is 0 Å². The summed E-state index contributed by atoms with van der Waals surface area (Å²) >= 11 is 0. The number of carbonyl (C=O) groups is 1. The van der Waals surface area contributed by atoms with Gasteiger partial charge >= 0.3 is 0 Å². The first-order chi connectivity index (χ1) is 14.7. The van der Waals surface area contributed by atoms with E-state index in [-0.39, 0.29) is 29.9 Å². The molecular formula is C20H25N7O3S. The zero-order valence-corrected chi connectivity index (χ0v) is 18.5. The number of hydrogen-bond acceptors (Lipinski definition) is 6. The molecule has 4 rings (SSSR count). The highest BCUT2D eigenvalue weighted by molar-refractivity contribution is 7.89. The zero-order chi connectivity index (χ0) is 22.2. The molecule has 11 heteroatoms. The van der Waals surface area contributed by atoms with E-state index in [0.717, 1.165) is 5.56 Å². The Balaban J connectivity index is 1.39. The summed E-state index contributed by atoms with van der Waals surface area (Å²) in [6, 6.07) is 7.34. The van der Waals surface area contributed by atoms with Crippen molar-refractivity contribution in [3.05, 3.63) is 42.1 Å². The molecule has 0 unspecified atom stereocenters. The fourth-order valence-corrected chi connectivity index (χ4v) is 5.09. The molecule has 0 radical (unpaired) electrons. The number of imidazole rings is 1. The molecule has 10 nitrogen and oxygen atoms in total. The van der Waals surface area contributed by atoms with Gasteiger partial charge in [0.1, 0.15) is 11.6 Å². The van der Waals surface area contributed by atoms with E-state index in [1.165, 1.54) is 10.5 Å². The fraction of sp³-hybridized carbons (Fsp3) is 0.400. The number of aromatic amines is 1. The van der Waals surface area contributed by atoms with Crippen LogP contribution in [0.4, 0.5) is 5.69 Å². The summed E-state index contributed by atoms with van der Waals surface area (Å²) in [5.74, 6) is 1.54. The van der Waals surface area contributed by atoms with E-state index in [0.29, 0.717) is 36.0 Å². The summed E-state index contributed by atoms with van der Waals surface area (Å²) in [6.07, 6.45) is 2.43. The summed E-state index contributed by atoms with van der Waals surface area (Å²) < 4.78 is 28.7. The number of aromatic nitrogens is 5. The van der Waals surface area contributed by atoms with Crippen LogP contribution in [0.25, 0.3) is 11.4 Å². The second kappa shape index (κ2) is 8.23. The molecule has 0 bridgehead atoms. The lowest BCUT2D eigenvalue weighted by atomic mass is 9.97. The number of benzene rings is 1. The predicted molar refractivity (Wildman–Crippen MR) is 115 cm³/mol. The van der Waals surface area contributed by atoms with Crippen LogP contribution in [0.5, 0.6) is 0 Å². The van der Waals surface area contributed by atoms with Gasteiger partial charge in [-0.2, -0.15) is 9.40 Å². The highest BCUT2D eigenvalue weighted by Crippen LogP contribution is 2.25. The highest BCUT2D eigenvalue weighted by atomic mass is 32.2. The van der Waals surface area contributed by atoms with Crippen molar-refractivity contribution in [1.29, 1.82) is 0 Å². The second-order valence-electron chi connectivity index (χ2n) is 7.73. The van der Waals surface area contributed by atoms with Crippen molar-refractivity contribution in [2.45, 2.75) is 31.7 Å². The smallest absolute Gasteiger partial charge is 0.262 e. The van der Waals surface area contributed by atoms with Crippen LogP contribution in [-0.2, 0) is 21.9 Å². The standard InChI is InChI=1S/C20H25N7O3S/c1-13-21-19(25-24-13)16-5-4-6-17(11-16)23-20(28)15-7-9-27(10-8-15)31(29,30)18-12-26(3)14(2)22-18/h4-6,11-12,15H,7-10H2,1-3H3,(H,23,28)(H,21,24,25). The lowest BCUT2D eigenvalue weighted by Gasteiger charge is -2.29. The lowest BCUT2D eigenvalue weighted by Crippen LogP contribution is -2.41.